The molecule has 1 unspecified atom stereocenters. The first-order chi connectivity index (χ1) is 16.5. The van der Waals surface area contributed by atoms with Gasteiger partial charge in [-0.1, -0.05) is 49.4 Å². The van der Waals surface area contributed by atoms with E-state index in [2.05, 4.69) is 28.8 Å². The van der Waals surface area contributed by atoms with Crippen molar-refractivity contribution < 1.29 is 9.72 Å². The van der Waals surface area contributed by atoms with Gasteiger partial charge in [-0.3, -0.25) is 19.8 Å². The Morgan fingerprint density at radius 1 is 1.03 bits per heavy atom. The molecule has 0 radical (unpaired) electrons. The highest BCUT2D eigenvalue weighted by Crippen LogP contribution is 2.41. The van der Waals surface area contributed by atoms with Crippen LogP contribution < -0.4 is 4.90 Å². The summed E-state index contributed by atoms with van der Waals surface area (Å²) in [5.74, 6) is 0.300. The molecule has 0 spiro atoms. The lowest BCUT2D eigenvalue weighted by atomic mass is 9.97. The van der Waals surface area contributed by atoms with Crippen molar-refractivity contribution in [3.8, 4) is 11.1 Å². The topological polar surface area (TPSA) is 82.8 Å². The lowest BCUT2D eigenvalue weighted by Crippen LogP contribution is -2.54. The van der Waals surface area contributed by atoms with Crippen molar-refractivity contribution in [2.24, 2.45) is 0 Å². The van der Waals surface area contributed by atoms with Crippen LogP contribution in [0.1, 0.15) is 23.7 Å². The van der Waals surface area contributed by atoms with Crippen molar-refractivity contribution in [2.75, 3.05) is 38.1 Å². The molecule has 0 bridgehead atoms. The van der Waals surface area contributed by atoms with Crippen LogP contribution in [0, 0.1) is 10.1 Å². The van der Waals surface area contributed by atoms with E-state index in [-0.39, 0.29) is 16.8 Å². The Morgan fingerprint density at radius 2 is 1.71 bits per heavy atom. The van der Waals surface area contributed by atoms with E-state index in [1.165, 1.54) is 6.07 Å². The summed E-state index contributed by atoms with van der Waals surface area (Å²) in [5, 5.41) is 12.0. The molecule has 0 amide bonds. The number of para-hydroxylation sites is 1. The molecule has 0 saturated carbocycles. The largest absolute Gasteiger partial charge is 0.311 e. The minimum atomic E-state index is -0.381. The van der Waals surface area contributed by atoms with E-state index in [9.17, 15) is 14.9 Å². The smallest absolute Gasteiger partial charge is 0.304 e. The van der Waals surface area contributed by atoms with Crippen LogP contribution in [0.25, 0.3) is 11.1 Å². The Morgan fingerprint density at radius 3 is 2.38 bits per heavy atom. The highest BCUT2D eigenvalue weighted by Gasteiger charge is 2.33. The number of rotatable bonds is 8. The van der Waals surface area contributed by atoms with Crippen LogP contribution in [0.5, 0.6) is 0 Å². The average molecular weight is 460 g/mol. The first-order valence-electron chi connectivity index (χ1n) is 11.5. The lowest BCUT2D eigenvalue weighted by molar-refractivity contribution is -0.384. The second-order valence-corrected chi connectivity index (χ2v) is 8.42. The van der Waals surface area contributed by atoms with Crippen LogP contribution >= 0.6 is 0 Å². The van der Waals surface area contributed by atoms with Gasteiger partial charge in [-0.15, -0.1) is 0 Å². The molecule has 2 heterocycles. The number of carbonyl (C=O) groups excluding carboxylic acids is 1. The van der Waals surface area contributed by atoms with E-state index >= 15 is 0 Å². The SMILES string of the molecule is CCC(N1CCN(C)CC1)N(c1ccccc1-c1ccccc1C=O)c1ncccc1[N+](=O)[O-]. The summed E-state index contributed by atoms with van der Waals surface area (Å²) in [4.78, 5) is 34.6. The molecule has 3 aromatic rings. The Bertz CT molecular complexity index is 1160. The van der Waals surface area contributed by atoms with Gasteiger partial charge in [0.25, 0.3) is 0 Å². The molecule has 34 heavy (non-hydrogen) atoms. The van der Waals surface area contributed by atoms with Crippen LogP contribution in [0.4, 0.5) is 17.2 Å². The number of hydrogen-bond acceptors (Lipinski definition) is 7. The first kappa shape index (κ1) is 23.5. The van der Waals surface area contributed by atoms with E-state index < -0.39 is 0 Å². The summed E-state index contributed by atoms with van der Waals surface area (Å²) >= 11 is 0. The van der Waals surface area contributed by atoms with E-state index in [1.54, 1.807) is 18.3 Å². The Hall–Kier alpha value is -3.62. The number of carbonyl (C=O) groups is 1. The number of likely N-dealkylation sites (N-methyl/N-ethyl adjacent to an activating group) is 1. The maximum absolute atomic E-state index is 12.0. The first-order valence-corrected chi connectivity index (χ1v) is 11.5. The number of nitrogens with zero attached hydrogens (tertiary/aromatic N) is 5. The maximum Gasteiger partial charge on any atom is 0.311 e. The van der Waals surface area contributed by atoms with Crippen LogP contribution in [0.15, 0.2) is 66.9 Å². The van der Waals surface area contributed by atoms with Gasteiger partial charge in [0.05, 0.1) is 16.8 Å². The van der Waals surface area contributed by atoms with Gasteiger partial charge in [-0.05, 0) is 31.2 Å². The van der Waals surface area contributed by atoms with Gasteiger partial charge in [0.1, 0.15) is 0 Å². The monoisotopic (exact) mass is 459 g/mol. The third-order valence-corrected chi connectivity index (χ3v) is 6.36. The average Bonchev–Trinajstić information content (AvgIpc) is 2.88. The van der Waals surface area contributed by atoms with E-state index in [4.69, 9.17) is 0 Å². The molecule has 0 aliphatic carbocycles. The zero-order chi connectivity index (χ0) is 24.1. The van der Waals surface area contributed by atoms with Crippen molar-refractivity contribution in [3.63, 3.8) is 0 Å². The summed E-state index contributed by atoms with van der Waals surface area (Å²) < 4.78 is 0. The quantitative estimate of drug-likeness (QED) is 0.277. The Balaban J connectivity index is 1.93. The number of pyridine rings is 1. The zero-order valence-corrected chi connectivity index (χ0v) is 19.5. The summed E-state index contributed by atoms with van der Waals surface area (Å²) in [7, 11) is 2.10. The van der Waals surface area contributed by atoms with Crippen molar-refractivity contribution in [2.45, 2.75) is 19.5 Å². The molecule has 8 heteroatoms. The van der Waals surface area contributed by atoms with E-state index in [1.807, 2.05) is 47.4 Å². The number of anilines is 2. The summed E-state index contributed by atoms with van der Waals surface area (Å²) in [6.07, 6.45) is 3.03. The molecule has 0 N–H and O–H groups in total. The second-order valence-electron chi connectivity index (χ2n) is 8.42. The number of benzene rings is 2. The van der Waals surface area contributed by atoms with Gasteiger partial charge in [0.2, 0.25) is 5.82 Å². The number of aromatic nitrogens is 1. The number of aldehydes is 1. The highest BCUT2D eigenvalue weighted by atomic mass is 16.6. The molecule has 8 nitrogen and oxygen atoms in total. The normalized spacial score (nSPS) is 15.6. The predicted octanol–water partition coefficient (Wildman–Crippen LogP) is 4.59. The van der Waals surface area contributed by atoms with E-state index in [0.29, 0.717) is 11.4 Å². The number of piperazine rings is 1. The molecular formula is C26H29N5O3. The molecule has 4 rings (SSSR count). The molecule has 1 aromatic heterocycles. The van der Waals surface area contributed by atoms with Crippen LogP contribution in [0.3, 0.4) is 0 Å². The Labute approximate surface area is 199 Å². The van der Waals surface area contributed by atoms with Crippen molar-refractivity contribution >= 4 is 23.5 Å². The van der Waals surface area contributed by atoms with Crippen LogP contribution in [-0.2, 0) is 0 Å². The van der Waals surface area contributed by atoms with Crippen LogP contribution in [0.2, 0.25) is 0 Å². The zero-order valence-electron chi connectivity index (χ0n) is 19.5. The fourth-order valence-corrected chi connectivity index (χ4v) is 4.61. The lowest BCUT2D eigenvalue weighted by Gasteiger charge is -2.43. The number of hydrogen-bond donors (Lipinski definition) is 0. The van der Waals surface area contributed by atoms with Crippen LogP contribution in [-0.4, -0.2) is 65.4 Å². The molecule has 1 aliphatic rings. The molecule has 176 valence electrons. The van der Waals surface area contributed by atoms with Gasteiger partial charge < -0.3 is 9.80 Å². The standard InChI is InChI=1S/C26H29N5O3/c1-3-25(29-17-15-28(2)16-18-29)30(26-24(31(33)34)13-8-14-27-26)23-12-7-6-11-22(23)21-10-5-4-9-20(21)19-32/h4-14,19,25H,3,15-18H2,1-2H3. The fourth-order valence-electron chi connectivity index (χ4n) is 4.61. The molecule has 1 fully saturated rings. The fraction of sp³-hybridized carbons (Fsp3) is 0.308. The summed E-state index contributed by atoms with van der Waals surface area (Å²) in [5.41, 5.74) is 2.92. The molecule has 1 aliphatic heterocycles. The minimum Gasteiger partial charge on any atom is -0.304 e. The van der Waals surface area contributed by atoms with Gasteiger partial charge in [0, 0.05) is 49.6 Å². The van der Waals surface area contributed by atoms with Crippen molar-refractivity contribution in [3.05, 3.63) is 82.5 Å². The summed E-state index contributed by atoms with van der Waals surface area (Å²) in [6.45, 7) is 5.62. The van der Waals surface area contributed by atoms with E-state index in [0.717, 1.165) is 55.7 Å². The van der Waals surface area contributed by atoms with Gasteiger partial charge in [-0.25, -0.2) is 4.98 Å². The molecule has 1 atom stereocenters. The van der Waals surface area contributed by atoms with Crippen molar-refractivity contribution in [1.82, 2.24) is 14.8 Å². The van der Waals surface area contributed by atoms with Gasteiger partial charge in [-0.2, -0.15) is 0 Å². The Kier molecular flexibility index (Phi) is 7.30. The maximum atomic E-state index is 12.0. The van der Waals surface area contributed by atoms with Gasteiger partial charge in [0.15, 0.2) is 6.29 Å². The van der Waals surface area contributed by atoms with Gasteiger partial charge >= 0.3 is 5.69 Å². The molecule has 1 saturated heterocycles. The predicted molar refractivity (Wildman–Crippen MR) is 133 cm³/mol. The number of nitro groups is 1. The third-order valence-electron chi connectivity index (χ3n) is 6.36. The minimum absolute atomic E-state index is 0.0476. The highest BCUT2D eigenvalue weighted by molar-refractivity contribution is 5.93. The third kappa shape index (κ3) is 4.69. The second kappa shape index (κ2) is 10.5. The van der Waals surface area contributed by atoms with Crippen molar-refractivity contribution in [1.29, 1.82) is 0 Å². The molecular weight excluding hydrogens is 430 g/mol. The molecule has 2 aromatic carbocycles. The summed E-state index contributed by atoms with van der Waals surface area (Å²) in [6, 6.07) is 18.2.